The molecule has 2 heterocycles. The lowest BCUT2D eigenvalue weighted by Gasteiger charge is -2.29. The van der Waals surface area contributed by atoms with Crippen molar-refractivity contribution in [3.05, 3.63) is 65.4 Å². The molecule has 2 aromatic carbocycles. The van der Waals surface area contributed by atoms with E-state index in [1.165, 1.54) is 17.7 Å². The Morgan fingerprint density at radius 1 is 1.13 bits per heavy atom. The predicted octanol–water partition coefficient (Wildman–Crippen LogP) is 4.02. The summed E-state index contributed by atoms with van der Waals surface area (Å²) < 4.78 is 29.5. The minimum absolute atomic E-state index is 0.0527. The summed E-state index contributed by atoms with van der Waals surface area (Å²) in [7, 11) is 3.22. The van der Waals surface area contributed by atoms with E-state index >= 15 is 0 Å². The number of fused-ring (bicyclic) bond motifs is 1. The highest BCUT2D eigenvalue weighted by Gasteiger charge is 2.23. The summed E-state index contributed by atoms with van der Waals surface area (Å²) in [5.41, 5.74) is 2.99. The second-order valence-corrected chi connectivity index (χ2v) is 7.17. The van der Waals surface area contributed by atoms with Crippen molar-refractivity contribution in [1.29, 1.82) is 0 Å². The van der Waals surface area contributed by atoms with E-state index in [0.29, 0.717) is 49.1 Å². The average molecular weight is 410 g/mol. The van der Waals surface area contributed by atoms with Gasteiger partial charge in [0, 0.05) is 31.5 Å². The number of nitrogens with zero attached hydrogens (tertiary/aromatic N) is 2. The third-order valence-corrected chi connectivity index (χ3v) is 5.31. The zero-order chi connectivity index (χ0) is 21.1. The molecule has 1 aliphatic rings. The third kappa shape index (κ3) is 4.15. The molecule has 156 valence electrons. The first kappa shape index (κ1) is 19.9. The van der Waals surface area contributed by atoms with Crippen LogP contribution in [0.25, 0.3) is 11.3 Å². The molecule has 0 fully saturated rings. The first-order chi connectivity index (χ1) is 14.6. The van der Waals surface area contributed by atoms with Gasteiger partial charge in [-0.3, -0.25) is 4.79 Å². The number of carbonyl (C=O) groups excluding carboxylic acids is 1. The summed E-state index contributed by atoms with van der Waals surface area (Å²) in [4.78, 5) is 18.8. The summed E-state index contributed by atoms with van der Waals surface area (Å²) in [6.45, 7) is 1.20. The standard InChI is InChI=1S/C23H23FN2O4/c1-28-19-11-16-9-10-26(14-17(16)12-20(19)29-2)23(27)8-7-22-25-13-21(30-22)15-3-5-18(24)6-4-15/h3-6,11-13H,7-10,14H2,1-2H3. The molecule has 0 bridgehead atoms. The average Bonchev–Trinajstić information content (AvgIpc) is 3.25. The first-order valence-electron chi connectivity index (χ1n) is 9.79. The number of hydrogen-bond acceptors (Lipinski definition) is 5. The number of carbonyl (C=O) groups is 1. The Hall–Kier alpha value is -3.35. The molecule has 0 N–H and O–H groups in total. The van der Waals surface area contributed by atoms with Crippen molar-refractivity contribution in [3.8, 4) is 22.8 Å². The van der Waals surface area contributed by atoms with E-state index in [-0.39, 0.29) is 11.7 Å². The fourth-order valence-electron chi connectivity index (χ4n) is 3.64. The fourth-order valence-corrected chi connectivity index (χ4v) is 3.64. The van der Waals surface area contributed by atoms with Crippen molar-refractivity contribution in [3.63, 3.8) is 0 Å². The lowest BCUT2D eigenvalue weighted by Crippen LogP contribution is -2.36. The summed E-state index contributed by atoms with van der Waals surface area (Å²) in [5.74, 6) is 2.17. The molecule has 0 saturated carbocycles. The normalized spacial score (nSPS) is 13.1. The van der Waals surface area contributed by atoms with E-state index in [4.69, 9.17) is 13.9 Å². The molecular formula is C23H23FN2O4. The van der Waals surface area contributed by atoms with Crippen LogP contribution < -0.4 is 9.47 Å². The van der Waals surface area contributed by atoms with Crippen molar-refractivity contribution in [2.24, 2.45) is 0 Å². The van der Waals surface area contributed by atoms with E-state index in [2.05, 4.69) is 4.98 Å². The minimum atomic E-state index is -0.303. The second kappa shape index (κ2) is 8.57. The minimum Gasteiger partial charge on any atom is -0.493 e. The van der Waals surface area contributed by atoms with E-state index in [1.807, 2.05) is 17.0 Å². The Balaban J connectivity index is 1.38. The van der Waals surface area contributed by atoms with Crippen LogP contribution in [0.3, 0.4) is 0 Å². The van der Waals surface area contributed by atoms with Gasteiger partial charge in [0.05, 0.1) is 20.4 Å². The molecule has 3 aromatic rings. The predicted molar refractivity (Wildman–Crippen MR) is 109 cm³/mol. The number of hydrogen-bond donors (Lipinski definition) is 0. The maximum Gasteiger partial charge on any atom is 0.223 e. The maximum absolute atomic E-state index is 13.1. The Morgan fingerprint density at radius 3 is 2.53 bits per heavy atom. The van der Waals surface area contributed by atoms with Crippen molar-refractivity contribution in [2.75, 3.05) is 20.8 Å². The molecule has 0 saturated heterocycles. The van der Waals surface area contributed by atoms with Gasteiger partial charge in [-0.25, -0.2) is 9.37 Å². The molecule has 1 aliphatic heterocycles. The van der Waals surface area contributed by atoms with Crippen LogP contribution in [0.5, 0.6) is 11.5 Å². The Bertz CT molecular complexity index is 1050. The Morgan fingerprint density at radius 2 is 1.83 bits per heavy atom. The summed E-state index contributed by atoms with van der Waals surface area (Å²) in [6.07, 6.45) is 3.10. The van der Waals surface area contributed by atoms with Gasteiger partial charge < -0.3 is 18.8 Å². The third-order valence-electron chi connectivity index (χ3n) is 5.31. The molecule has 0 unspecified atom stereocenters. The van der Waals surface area contributed by atoms with Crippen LogP contribution in [0, 0.1) is 5.82 Å². The van der Waals surface area contributed by atoms with E-state index in [0.717, 1.165) is 17.5 Å². The zero-order valence-corrected chi connectivity index (χ0v) is 17.0. The number of oxazole rings is 1. The number of aryl methyl sites for hydroxylation is 1. The van der Waals surface area contributed by atoms with Crippen LogP contribution in [0.1, 0.15) is 23.4 Å². The largest absolute Gasteiger partial charge is 0.493 e. The summed E-state index contributed by atoms with van der Waals surface area (Å²) in [6, 6.07) is 9.95. The lowest BCUT2D eigenvalue weighted by atomic mass is 9.98. The lowest BCUT2D eigenvalue weighted by molar-refractivity contribution is -0.132. The van der Waals surface area contributed by atoms with Gasteiger partial charge in [-0.05, 0) is 53.9 Å². The van der Waals surface area contributed by atoms with E-state index < -0.39 is 0 Å². The van der Waals surface area contributed by atoms with Gasteiger partial charge >= 0.3 is 0 Å². The van der Waals surface area contributed by atoms with Gasteiger partial charge in [0.25, 0.3) is 0 Å². The topological polar surface area (TPSA) is 64.8 Å². The molecule has 1 aromatic heterocycles. The molecule has 7 heteroatoms. The number of amides is 1. The zero-order valence-electron chi connectivity index (χ0n) is 17.0. The first-order valence-corrected chi connectivity index (χ1v) is 9.79. The van der Waals surface area contributed by atoms with Gasteiger partial charge in [-0.1, -0.05) is 0 Å². The molecule has 0 atom stereocenters. The van der Waals surface area contributed by atoms with E-state index in [1.54, 1.807) is 32.5 Å². The molecule has 1 amide bonds. The highest BCUT2D eigenvalue weighted by atomic mass is 19.1. The second-order valence-electron chi connectivity index (χ2n) is 7.17. The molecule has 0 spiro atoms. The number of ether oxygens (including phenoxy) is 2. The number of methoxy groups -OCH3 is 2. The van der Waals surface area contributed by atoms with Gasteiger partial charge in [-0.2, -0.15) is 0 Å². The highest BCUT2D eigenvalue weighted by Crippen LogP contribution is 2.33. The Kier molecular flexibility index (Phi) is 5.70. The number of aromatic nitrogens is 1. The van der Waals surface area contributed by atoms with Gasteiger partial charge in [0.2, 0.25) is 5.91 Å². The number of halogens is 1. The van der Waals surface area contributed by atoms with Gasteiger partial charge in [-0.15, -0.1) is 0 Å². The highest BCUT2D eigenvalue weighted by molar-refractivity contribution is 5.76. The van der Waals surface area contributed by atoms with Gasteiger partial charge in [0.1, 0.15) is 5.82 Å². The van der Waals surface area contributed by atoms with Crippen molar-refractivity contribution in [1.82, 2.24) is 9.88 Å². The van der Waals surface area contributed by atoms with Crippen LogP contribution in [0.15, 0.2) is 47.0 Å². The Labute approximate surface area is 174 Å². The summed E-state index contributed by atoms with van der Waals surface area (Å²) in [5, 5.41) is 0. The van der Waals surface area contributed by atoms with Crippen LogP contribution in [-0.2, 0) is 24.2 Å². The molecule has 0 radical (unpaired) electrons. The van der Waals surface area contributed by atoms with Gasteiger partial charge in [0.15, 0.2) is 23.1 Å². The quantitative estimate of drug-likeness (QED) is 0.614. The molecule has 0 aliphatic carbocycles. The monoisotopic (exact) mass is 410 g/mol. The molecule has 4 rings (SSSR count). The van der Waals surface area contributed by atoms with E-state index in [9.17, 15) is 9.18 Å². The number of benzene rings is 2. The molecule has 30 heavy (non-hydrogen) atoms. The van der Waals surface area contributed by atoms with Crippen LogP contribution in [0.2, 0.25) is 0 Å². The van der Waals surface area contributed by atoms with Crippen molar-refractivity contribution < 1.29 is 23.1 Å². The van der Waals surface area contributed by atoms with Crippen LogP contribution in [0.4, 0.5) is 4.39 Å². The van der Waals surface area contributed by atoms with Crippen LogP contribution >= 0.6 is 0 Å². The summed E-state index contributed by atoms with van der Waals surface area (Å²) >= 11 is 0. The molecular weight excluding hydrogens is 387 g/mol. The molecule has 6 nitrogen and oxygen atoms in total. The van der Waals surface area contributed by atoms with Crippen molar-refractivity contribution >= 4 is 5.91 Å². The van der Waals surface area contributed by atoms with Crippen molar-refractivity contribution in [2.45, 2.75) is 25.8 Å². The number of rotatable bonds is 6. The SMILES string of the molecule is COc1cc2c(cc1OC)CN(C(=O)CCc1ncc(-c3ccc(F)cc3)o1)CC2. The maximum atomic E-state index is 13.1. The fraction of sp³-hybridized carbons (Fsp3) is 0.304. The van der Waals surface area contributed by atoms with Crippen LogP contribution in [-0.4, -0.2) is 36.6 Å². The smallest absolute Gasteiger partial charge is 0.223 e.